The summed E-state index contributed by atoms with van der Waals surface area (Å²) >= 11 is 0. The van der Waals surface area contributed by atoms with Gasteiger partial charge in [0.2, 0.25) is 0 Å². The minimum absolute atomic E-state index is 0.208. The molecule has 150 valence electrons. The van der Waals surface area contributed by atoms with E-state index in [9.17, 15) is 4.79 Å². The Morgan fingerprint density at radius 2 is 1.69 bits per heavy atom. The SMILES string of the molecule is CC(C)(C)Oc1cccc(Oc2cccc(CNC(=O)c3cccnc3N)c2)c1. The lowest BCUT2D eigenvalue weighted by molar-refractivity contribution is 0.0951. The van der Waals surface area contributed by atoms with Crippen LogP contribution in [0.15, 0.2) is 66.9 Å². The summed E-state index contributed by atoms with van der Waals surface area (Å²) in [6.45, 7) is 6.34. The first-order chi connectivity index (χ1) is 13.8. The van der Waals surface area contributed by atoms with Crippen LogP contribution in [0, 0.1) is 0 Å². The number of benzene rings is 2. The summed E-state index contributed by atoms with van der Waals surface area (Å²) in [5.74, 6) is 2.03. The molecule has 0 spiro atoms. The maximum atomic E-state index is 12.3. The number of nitrogens with two attached hydrogens (primary N) is 1. The van der Waals surface area contributed by atoms with Gasteiger partial charge >= 0.3 is 0 Å². The fraction of sp³-hybridized carbons (Fsp3) is 0.217. The maximum Gasteiger partial charge on any atom is 0.255 e. The highest BCUT2D eigenvalue weighted by molar-refractivity contribution is 5.98. The van der Waals surface area contributed by atoms with Crippen LogP contribution in [0.1, 0.15) is 36.7 Å². The molecule has 6 nitrogen and oxygen atoms in total. The number of hydrogen-bond acceptors (Lipinski definition) is 5. The second-order valence-electron chi connectivity index (χ2n) is 7.56. The summed E-state index contributed by atoms with van der Waals surface area (Å²) in [5, 5.41) is 2.85. The average Bonchev–Trinajstić information content (AvgIpc) is 2.66. The summed E-state index contributed by atoms with van der Waals surface area (Å²) in [5.41, 5.74) is 6.73. The lowest BCUT2D eigenvalue weighted by Crippen LogP contribution is -2.24. The number of aromatic nitrogens is 1. The van der Waals surface area contributed by atoms with Gasteiger partial charge in [-0.1, -0.05) is 18.2 Å². The number of ether oxygens (including phenoxy) is 2. The summed E-state index contributed by atoms with van der Waals surface area (Å²) in [4.78, 5) is 16.2. The third kappa shape index (κ3) is 5.97. The predicted molar refractivity (Wildman–Crippen MR) is 113 cm³/mol. The number of rotatable bonds is 6. The highest BCUT2D eigenvalue weighted by atomic mass is 16.5. The molecule has 0 fully saturated rings. The van der Waals surface area contributed by atoms with E-state index in [0.717, 1.165) is 11.3 Å². The van der Waals surface area contributed by atoms with E-state index < -0.39 is 0 Å². The molecule has 0 atom stereocenters. The summed E-state index contributed by atoms with van der Waals surface area (Å²) < 4.78 is 11.8. The zero-order valence-corrected chi connectivity index (χ0v) is 16.8. The molecule has 0 saturated heterocycles. The Bertz CT molecular complexity index is 996. The quantitative estimate of drug-likeness (QED) is 0.643. The zero-order valence-electron chi connectivity index (χ0n) is 16.8. The molecule has 2 aromatic carbocycles. The van der Waals surface area contributed by atoms with Gasteiger partial charge in [0.15, 0.2) is 0 Å². The fourth-order valence-corrected chi connectivity index (χ4v) is 2.70. The van der Waals surface area contributed by atoms with Gasteiger partial charge in [0.05, 0.1) is 5.56 Å². The van der Waals surface area contributed by atoms with E-state index in [1.165, 1.54) is 0 Å². The molecular formula is C23H25N3O3. The largest absolute Gasteiger partial charge is 0.488 e. The van der Waals surface area contributed by atoms with Gasteiger partial charge in [-0.25, -0.2) is 4.98 Å². The molecule has 0 saturated carbocycles. The van der Waals surface area contributed by atoms with Crippen molar-refractivity contribution < 1.29 is 14.3 Å². The number of hydrogen-bond donors (Lipinski definition) is 2. The molecular weight excluding hydrogens is 366 g/mol. The molecule has 0 aliphatic heterocycles. The Labute approximate surface area is 170 Å². The van der Waals surface area contributed by atoms with E-state index in [2.05, 4.69) is 10.3 Å². The van der Waals surface area contributed by atoms with Crippen LogP contribution in [0.25, 0.3) is 0 Å². The number of anilines is 1. The standard InChI is InChI=1S/C23H25N3O3/c1-23(2,3)29-19-10-5-9-18(14-19)28-17-8-4-7-16(13-17)15-26-22(27)20-11-6-12-25-21(20)24/h4-14H,15H2,1-3H3,(H2,24,25)(H,26,27). The van der Waals surface area contributed by atoms with Gasteiger partial charge in [0, 0.05) is 18.8 Å². The molecule has 3 rings (SSSR count). The van der Waals surface area contributed by atoms with Gasteiger partial charge < -0.3 is 20.5 Å². The van der Waals surface area contributed by atoms with Crippen LogP contribution in [-0.2, 0) is 6.54 Å². The third-order valence-electron chi connectivity index (χ3n) is 3.90. The van der Waals surface area contributed by atoms with Crippen molar-refractivity contribution in [3.8, 4) is 17.2 Å². The van der Waals surface area contributed by atoms with Crippen LogP contribution in [-0.4, -0.2) is 16.5 Å². The topological polar surface area (TPSA) is 86.5 Å². The summed E-state index contributed by atoms with van der Waals surface area (Å²) in [6, 6.07) is 18.4. The van der Waals surface area contributed by atoms with Crippen LogP contribution in [0.3, 0.4) is 0 Å². The second-order valence-corrected chi connectivity index (χ2v) is 7.56. The van der Waals surface area contributed by atoms with Crippen molar-refractivity contribution >= 4 is 11.7 Å². The number of carbonyl (C=O) groups excluding carboxylic acids is 1. The molecule has 1 heterocycles. The number of nitrogens with one attached hydrogen (secondary N) is 1. The van der Waals surface area contributed by atoms with Gasteiger partial charge in [-0.05, 0) is 62.7 Å². The van der Waals surface area contributed by atoms with Crippen LogP contribution in [0.5, 0.6) is 17.2 Å². The van der Waals surface area contributed by atoms with Gasteiger partial charge in [-0.15, -0.1) is 0 Å². The van der Waals surface area contributed by atoms with Crippen LogP contribution < -0.4 is 20.5 Å². The number of pyridine rings is 1. The predicted octanol–water partition coefficient (Wildman–Crippen LogP) is 4.56. The number of nitrogens with zero attached hydrogens (tertiary/aromatic N) is 1. The van der Waals surface area contributed by atoms with Gasteiger partial charge in [0.25, 0.3) is 5.91 Å². The maximum absolute atomic E-state index is 12.3. The molecule has 0 bridgehead atoms. The van der Waals surface area contributed by atoms with Crippen molar-refractivity contribution in [1.82, 2.24) is 10.3 Å². The van der Waals surface area contributed by atoms with E-state index in [0.29, 0.717) is 23.6 Å². The molecule has 3 aromatic rings. The van der Waals surface area contributed by atoms with Crippen molar-refractivity contribution in [3.05, 3.63) is 78.0 Å². The van der Waals surface area contributed by atoms with E-state index in [4.69, 9.17) is 15.2 Å². The van der Waals surface area contributed by atoms with Crippen LogP contribution >= 0.6 is 0 Å². The zero-order chi connectivity index (χ0) is 20.9. The highest BCUT2D eigenvalue weighted by Gasteiger charge is 2.12. The van der Waals surface area contributed by atoms with Crippen molar-refractivity contribution in [1.29, 1.82) is 0 Å². The normalized spacial score (nSPS) is 11.0. The minimum atomic E-state index is -0.283. The first-order valence-corrected chi connectivity index (χ1v) is 9.35. The molecule has 0 aliphatic carbocycles. The molecule has 6 heteroatoms. The summed E-state index contributed by atoms with van der Waals surface area (Å²) in [6.07, 6.45) is 1.55. The lowest BCUT2D eigenvalue weighted by Gasteiger charge is -2.21. The van der Waals surface area contributed by atoms with Gasteiger partial charge in [-0.2, -0.15) is 0 Å². The average molecular weight is 391 g/mol. The molecule has 1 aromatic heterocycles. The molecule has 3 N–H and O–H groups in total. The molecule has 29 heavy (non-hydrogen) atoms. The van der Waals surface area contributed by atoms with E-state index in [1.807, 2.05) is 69.3 Å². The van der Waals surface area contributed by atoms with Crippen molar-refractivity contribution in [3.63, 3.8) is 0 Å². The smallest absolute Gasteiger partial charge is 0.255 e. The monoisotopic (exact) mass is 391 g/mol. The van der Waals surface area contributed by atoms with Crippen molar-refractivity contribution in [2.75, 3.05) is 5.73 Å². The first kappa shape index (κ1) is 20.2. The third-order valence-corrected chi connectivity index (χ3v) is 3.90. The number of nitrogen functional groups attached to an aromatic ring is 1. The number of amides is 1. The van der Waals surface area contributed by atoms with Gasteiger partial charge in [0.1, 0.15) is 28.7 Å². The van der Waals surface area contributed by atoms with Crippen LogP contribution in [0.2, 0.25) is 0 Å². The van der Waals surface area contributed by atoms with Crippen molar-refractivity contribution in [2.45, 2.75) is 32.9 Å². The second kappa shape index (κ2) is 8.65. The lowest BCUT2D eigenvalue weighted by atomic mass is 10.2. The van der Waals surface area contributed by atoms with Crippen molar-refractivity contribution in [2.24, 2.45) is 0 Å². The van der Waals surface area contributed by atoms with E-state index in [1.54, 1.807) is 18.3 Å². The Morgan fingerprint density at radius 1 is 1.00 bits per heavy atom. The highest BCUT2D eigenvalue weighted by Crippen LogP contribution is 2.27. The van der Waals surface area contributed by atoms with Gasteiger partial charge in [-0.3, -0.25) is 4.79 Å². The number of carbonyl (C=O) groups is 1. The van der Waals surface area contributed by atoms with E-state index in [-0.39, 0.29) is 17.3 Å². The Morgan fingerprint density at radius 3 is 2.41 bits per heavy atom. The van der Waals surface area contributed by atoms with Crippen LogP contribution in [0.4, 0.5) is 5.82 Å². The van der Waals surface area contributed by atoms with E-state index >= 15 is 0 Å². The Kier molecular flexibility index (Phi) is 6.02. The summed E-state index contributed by atoms with van der Waals surface area (Å²) in [7, 11) is 0. The minimum Gasteiger partial charge on any atom is -0.488 e. The molecule has 0 radical (unpaired) electrons. The Hall–Kier alpha value is -3.54. The Balaban J connectivity index is 1.65. The first-order valence-electron chi connectivity index (χ1n) is 9.35. The fourth-order valence-electron chi connectivity index (χ4n) is 2.70. The molecule has 0 aliphatic rings. The molecule has 0 unspecified atom stereocenters. The molecule has 1 amide bonds.